The molecule has 2 amide bonds. The number of carbonyl (C=O) groups excluding carboxylic acids is 2. The van der Waals surface area contributed by atoms with Crippen molar-refractivity contribution in [1.29, 1.82) is 0 Å². The Morgan fingerprint density at radius 1 is 1.10 bits per heavy atom. The second-order valence-electron chi connectivity index (χ2n) is 6.82. The summed E-state index contributed by atoms with van der Waals surface area (Å²) in [5, 5.41) is 3.65. The first-order chi connectivity index (χ1) is 13.8. The monoisotopic (exact) mass is 399 g/mol. The largest absolute Gasteiger partial charge is 0.416 e. The van der Waals surface area contributed by atoms with Gasteiger partial charge in [-0.05, 0) is 30.3 Å². The van der Waals surface area contributed by atoms with Crippen molar-refractivity contribution in [2.45, 2.75) is 12.6 Å². The molecule has 5 nitrogen and oxygen atoms in total. The van der Waals surface area contributed by atoms with Crippen LogP contribution in [0.3, 0.4) is 0 Å². The maximum Gasteiger partial charge on any atom is 0.416 e. The predicted molar refractivity (Wildman–Crippen MR) is 102 cm³/mol. The lowest BCUT2D eigenvalue weighted by Crippen LogP contribution is -2.28. The number of benzene rings is 2. The summed E-state index contributed by atoms with van der Waals surface area (Å²) < 4.78 is 38.9. The summed E-state index contributed by atoms with van der Waals surface area (Å²) in [4.78, 5) is 30.6. The van der Waals surface area contributed by atoms with Crippen molar-refractivity contribution in [3.05, 3.63) is 66.4 Å². The lowest BCUT2D eigenvalue weighted by molar-refractivity contribution is -0.137. The van der Waals surface area contributed by atoms with Crippen LogP contribution >= 0.6 is 0 Å². The van der Waals surface area contributed by atoms with E-state index in [-0.39, 0.29) is 30.5 Å². The van der Waals surface area contributed by atoms with Crippen LogP contribution in [0.25, 0.3) is 10.9 Å². The number of pyridine rings is 1. The Kier molecular flexibility index (Phi) is 4.70. The molecule has 1 unspecified atom stereocenters. The maximum absolute atomic E-state index is 13.0. The number of amides is 2. The highest BCUT2D eigenvalue weighted by Gasteiger charge is 2.37. The molecular formula is C21H16F3N3O2. The van der Waals surface area contributed by atoms with Crippen molar-refractivity contribution in [3.8, 4) is 0 Å². The normalized spacial score (nSPS) is 17.0. The minimum absolute atomic E-state index is 0.0180. The molecule has 0 radical (unpaired) electrons. The molecule has 0 bridgehead atoms. The molecule has 3 aromatic rings. The Hall–Kier alpha value is -3.42. The summed E-state index contributed by atoms with van der Waals surface area (Å²) in [5.41, 5.74) is 0.449. The molecule has 0 aliphatic carbocycles. The zero-order valence-corrected chi connectivity index (χ0v) is 15.1. The number of halogens is 3. The fourth-order valence-electron chi connectivity index (χ4n) is 3.42. The summed E-state index contributed by atoms with van der Waals surface area (Å²) in [6.45, 7) is 0.0180. The van der Waals surface area contributed by atoms with E-state index < -0.39 is 17.7 Å². The highest BCUT2D eigenvalue weighted by atomic mass is 19.4. The third-order valence-corrected chi connectivity index (χ3v) is 4.87. The molecular weight excluding hydrogens is 383 g/mol. The molecule has 148 valence electrons. The molecule has 1 N–H and O–H groups in total. The molecule has 1 atom stereocenters. The number of anilines is 2. The van der Waals surface area contributed by atoms with Gasteiger partial charge >= 0.3 is 6.18 Å². The number of rotatable bonds is 3. The zero-order valence-electron chi connectivity index (χ0n) is 15.1. The number of carbonyl (C=O) groups is 2. The van der Waals surface area contributed by atoms with Crippen molar-refractivity contribution < 1.29 is 22.8 Å². The number of hydrogen-bond donors (Lipinski definition) is 1. The molecule has 4 rings (SSSR count). The van der Waals surface area contributed by atoms with E-state index in [9.17, 15) is 22.8 Å². The number of nitrogens with zero attached hydrogens (tertiary/aromatic N) is 2. The van der Waals surface area contributed by atoms with E-state index >= 15 is 0 Å². The third kappa shape index (κ3) is 3.78. The van der Waals surface area contributed by atoms with Crippen LogP contribution < -0.4 is 10.2 Å². The van der Waals surface area contributed by atoms with Gasteiger partial charge in [-0.1, -0.05) is 24.3 Å². The zero-order chi connectivity index (χ0) is 20.6. The first-order valence-electron chi connectivity index (χ1n) is 8.95. The Morgan fingerprint density at radius 2 is 1.86 bits per heavy atom. The van der Waals surface area contributed by atoms with Crippen LogP contribution in [0.1, 0.15) is 12.0 Å². The SMILES string of the molecule is O=C(Nc1cccc2cccnc12)C1CC(=O)N(c2cccc(C(F)(F)F)c2)C1. The Labute approximate surface area is 164 Å². The van der Waals surface area contributed by atoms with Crippen LogP contribution in [-0.4, -0.2) is 23.3 Å². The quantitative estimate of drug-likeness (QED) is 0.717. The lowest BCUT2D eigenvalue weighted by Gasteiger charge is -2.18. The van der Waals surface area contributed by atoms with Crippen molar-refractivity contribution in [3.63, 3.8) is 0 Å². The minimum Gasteiger partial charge on any atom is -0.324 e. The summed E-state index contributed by atoms with van der Waals surface area (Å²) >= 11 is 0. The summed E-state index contributed by atoms with van der Waals surface area (Å²) in [6.07, 6.45) is -2.95. The van der Waals surface area contributed by atoms with Crippen molar-refractivity contribution in [2.24, 2.45) is 5.92 Å². The molecule has 1 saturated heterocycles. The Morgan fingerprint density at radius 3 is 2.66 bits per heavy atom. The fourth-order valence-corrected chi connectivity index (χ4v) is 3.42. The van der Waals surface area contributed by atoms with Crippen LogP contribution in [-0.2, 0) is 15.8 Å². The smallest absolute Gasteiger partial charge is 0.324 e. The summed E-state index contributed by atoms with van der Waals surface area (Å²) in [5.74, 6) is -1.43. The van der Waals surface area contributed by atoms with Gasteiger partial charge in [-0.15, -0.1) is 0 Å². The van der Waals surface area contributed by atoms with Gasteiger partial charge in [0.15, 0.2) is 0 Å². The van der Waals surface area contributed by atoms with Gasteiger partial charge in [0.1, 0.15) is 0 Å². The predicted octanol–water partition coefficient (Wildman–Crippen LogP) is 4.25. The van der Waals surface area contributed by atoms with E-state index in [0.29, 0.717) is 11.2 Å². The average molecular weight is 399 g/mol. The summed E-state index contributed by atoms with van der Waals surface area (Å²) in [6, 6.07) is 13.6. The standard InChI is InChI=1S/C21H16F3N3O2/c22-21(23,24)15-6-2-7-16(11-15)27-12-14(10-18(27)28)20(29)26-17-8-1-4-13-5-3-9-25-19(13)17/h1-9,11,14H,10,12H2,(H,26,29). The van der Waals surface area contributed by atoms with Crippen molar-refractivity contribution in [1.82, 2.24) is 4.98 Å². The van der Waals surface area contributed by atoms with E-state index in [1.807, 2.05) is 12.1 Å². The van der Waals surface area contributed by atoms with Gasteiger partial charge < -0.3 is 10.2 Å². The van der Waals surface area contributed by atoms with Gasteiger partial charge in [0, 0.05) is 30.2 Å². The molecule has 29 heavy (non-hydrogen) atoms. The minimum atomic E-state index is -4.50. The molecule has 2 aromatic carbocycles. The third-order valence-electron chi connectivity index (χ3n) is 4.87. The molecule has 1 fully saturated rings. The number of hydrogen-bond acceptors (Lipinski definition) is 3. The number of fused-ring (bicyclic) bond motifs is 1. The van der Waals surface area contributed by atoms with Crippen LogP contribution in [0.4, 0.5) is 24.5 Å². The highest BCUT2D eigenvalue weighted by molar-refractivity contribution is 6.06. The van der Waals surface area contributed by atoms with E-state index in [2.05, 4.69) is 10.3 Å². The Bertz CT molecular complexity index is 1090. The molecule has 1 aliphatic heterocycles. The van der Waals surface area contributed by atoms with E-state index in [1.54, 1.807) is 24.4 Å². The average Bonchev–Trinajstić information content (AvgIpc) is 3.10. The molecule has 1 aliphatic rings. The van der Waals surface area contributed by atoms with Gasteiger partial charge in [0.25, 0.3) is 0 Å². The Balaban J connectivity index is 1.53. The van der Waals surface area contributed by atoms with Crippen LogP contribution in [0.2, 0.25) is 0 Å². The van der Waals surface area contributed by atoms with Crippen LogP contribution in [0.15, 0.2) is 60.8 Å². The highest BCUT2D eigenvalue weighted by Crippen LogP contribution is 2.33. The molecule has 8 heteroatoms. The maximum atomic E-state index is 13.0. The van der Waals surface area contributed by atoms with E-state index in [0.717, 1.165) is 17.5 Å². The second-order valence-corrected chi connectivity index (χ2v) is 6.82. The first kappa shape index (κ1) is 18.9. The number of nitrogens with one attached hydrogen (secondary N) is 1. The molecule has 0 saturated carbocycles. The number of aromatic nitrogens is 1. The molecule has 0 spiro atoms. The molecule has 1 aromatic heterocycles. The van der Waals surface area contributed by atoms with E-state index in [4.69, 9.17) is 0 Å². The van der Waals surface area contributed by atoms with Crippen LogP contribution in [0, 0.1) is 5.92 Å². The second kappa shape index (κ2) is 7.20. The molecule has 2 heterocycles. The van der Waals surface area contributed by atoms with Crippen LogP contribution in [0.5, 0.6) is 0 Å². The van der Waals surface area contributed by atoms with Crippen molar-refractivity contribution in [2.75, 3.05) is 16.8 Å². The first-order valence-corrected chi connectivity index (χ1v) is 8.95. The van der Waals surface area contributed by atoms with Gasteiger partial charge in [-0.3, -0.25) is 14.6 Å². The van der Waals surface area contributed by atoms with E-state index in [1.165, 1.54) is 17.0 Å². The fraction of sp³-hybridized carbons (Fsp3) is 0.190. The van der Waals surface area contributed by atoms with Gasteiger partial charge in [-0.2, -0.15) is 13.2 Å². The number of para-hydroxylation sites is 1. The topological polar surface area (TPSA) is 62.3 Å². The van der Waals surface area contributed by atoms with Gasteiger partial charge in [-0.25, -0.2) is 0 Å². The summed E-state index contributed by atoms with van der Waals surface area (Å²) in [7, 11) is 0. The van der Waals surface area contributed by atoms with Gasteiger partial charge in [0.2, 0.25) is 11.8 Å². The van der Waals surface area contributed by atoms with Crippen molar-refractivity contribution >= 4 is 34.1 Å². The lowest BCUT2D eigenvalue weighted by atomic mass is 10.1. The van der Waals surface area contributed by atoms with Gasteiger partial charge in [0.05, 0.1) is 22.7 Å². The number of alkyl halides is 3.